The number of hydrogen-bond donors (Lipinski definition) is 3. The Bertz CT molecular complexity index is 1200. The van der Waals surface area contributed by atoms with Crippen molar-refractivity contribution < 1.29 is 53.4 Å². The topological polar surface area (TPSA) is 166 Å². The lowest BCUT2D eigenvalue weighted by Crippen LogP contribution is -2.83. The number of ether oxygens (including phenoxy) is 4. The molecule has 0 aromatic heterocycles. The van der Waals surface area contributed by atoms with Gasteiger partial charge in [0.2, 0.25) is 11.7 Å². The van der Waals surface area contributed by atoms with Gasteiger partial charge in [0.1, 0.15) is 12.2 Å². The molecule has 5 rings (SSSR count). The van der Waals surface area contributed by atoms with Gasteiger partial charge in [0.15, 0.2) is 11.5 Å². The number of esters is 3. The third kappa shape index (κ3) is 2.79. The number of aliphatic hydroxyl groups excluding tert-OH is 3. The summed E-state index contributed by atoms with van der Waals surface area (Å²) in [6, 6.07) is 0. The number of methoxy groups -OCH3 is 1. The Morgan fingerprint density at radius 1 is 1.13 bits per heavy atom. The monoisotopic (exact) mass is 534 g/mol. The van der Waals surface area contributed by atoms with E-state index in [2.05, 4.69) is 0 Å². The van der Waals surface area contributed by atoms with Crippen molar-refractivity contribution in [1.29, 1.82) is 0 Å². The van der Waals surface area contributed by atoms with E-state index in [9.17, 15) is 34.5 Å². The molecule has 2 aliphatic heterocycles. The van der Waals surface area contributed by atoms with E-state index < -0.39 is 81.8 Å². The van der Waals surface area contributed by atoms with Gasteiger partial charge in [-0.15, -0.1) is 0 Å². The summed E-state index contributed by atoms with van der Waals surface area (Å²) in [6.45, 7) is 8.22. The molecular formula is C27H34O11. The van der Waals surface area contributed by atoms with Crippen LogP contribution in [-0.2, 0) is 38.1 Å². The molecule has 5 aliphatic rings. The van der Waals surface area contributed by atoms with Crippen LogP contribution in [0.4, 0.5) is 0 Å². The van der Waals surface area contributed by atoms with Crippen LogP contribution < -0.4 is 0 Å². The minimum absolute atomic E-state index is 0.162. The number of carbonyl (C=O) groups is 4. The lowest BCUT2D eigenvalue weighted by atomic mass is 9.32. The molecule has 0 amide bonds. The standard InChI is InChI=1S/C27H34O11/c1-11(2)7-16(29)38-18-19-26-10-36-27(19,23(34)35-6)21(32)20(31)25(26,5)24(4)9-14(28)17(30)12(3)13(24)8-15(26)37-22(18)33/h7,13,15,18-21,30-32H,8-10H2,1-6H3/t13-,15+,18+,19+,20-,21-,24-,25+,26-,27+/m0/s1. The third-order valence-corrected chi connectivity index (χ3v) is 10.5. The van der Waals surface area contributed by atoms with Gasteiger partial charge in [-0.3, -0.25) is 4.79 Å². The highest BCUT2D eigenvalue weighted by Crippen LogP contribution is 2.78. The van der Waals surface area contributed by atoms with Crippen LogP contribution in [0.25, 0.3) is 0 Å². The maximum Gasteiger partial charge on any atom is 0.348 e. The SMILES string of the molecule is COC(=O)[C@]12OC[C@@]34[C@@H](C[C@H]5C(C)=C(O)C(=O)C[C@]5(C)[C@@]3(C)[C@@H](O)[C@@H]1O)OC(=O)[C@H](OC(=O)C=C(C)C)[C@@H]24. The Balaban J connectivity index is 1.79. The van der Waals surface area contributed by atoms with Crippen LogP contribution in [0.15, 0.2) is 23.0 Å². The normalized spacial score (nSPS) is 46.9. The molecule has 3 aliphatic carbocycles. The maximum atomic E-state index is 13.5. The highest BCUT2D eigenvalue weighted by Gasteiger charge is 2.88. The fraction of sp³-hybridized carbons (Fsp3) is 0.704. The Morgan fingerprint density at radius 2 is 1.79 bits per heavy atom. The lowest BCUT2D eigenvalue weighted by Gasteiger charge is -2.72. The molecule has 2 heterocycles. The van der Waals surface area contributed by atoms with Crippen LogP contribution in [0.5, 0.6) is 0 Å². The summed E-state index contributed by atoms with van der Waals surface area (Å²) in [7, 11) is 1.09. The largest absolute Gasteiger partial charge is 0.504 e. The van der Waals surface area contributed by atoms with E-state index in [1.54, 1.807) is 34.6 Å². The first-order chi connectivity index (χ1) is 17.6. The summed E-state index contributed by atoms with van der Waals surface area (Å²) in [6.07, 6.45) is -4.97. The molecule has 1 spiro atoms. The molecule has 2 bridgehead atoms. The molecule has 2 saturated carbocycles. The van der Waals surface area contributed by atoms with Crippen molar-refractivity contribution in [3.05, 3.63) is 23.0 Å². The van der Waals surface area contributed by atoms with E-state index in [1.165, 1.54) is 6.08 Å². The number of ketones is 1. The van der Waals surface area contributed by atoms with E-state index in [0.29, 0.717) is 11.1 Å². The minimum Gasteiger partial charge on any atom is -0.504 e. The molecule has 38 heavy (non-hydrogen) atoms. The molecule has 0 aromatic rings. The molecule has 0 aromatic carbocycles. The summed E-state index contributed by atoms with van der Waals surface area (Å²) >= 11 is 0. The van der Waals surface area contributed by atoms with Gasteiger partial charge < -0.3 is 34.3 Å². The number of allylic oxidation sites excluding steroid dienone is 3. The first-order valence-corrected chi connectivity index (χ1v) is 12.7. The first kappa shape index (κ1) is 26.8. The maximum absolute atomic E-state index is 13.5. The summed E-state index contributed by atoms with van der Waals surface area (Å²) < 4.78 is 22.7. The van der Waals surface area contributed by atoms with Gasteiger partial charge in [0.05, 0.1) is 25.7 Å². The van der Waals surface area contributed by atoms with Gasteiger partial charge in [-0.1, -0.05) is 19.4 Å². The summed E-state index contributed by atoms with van der Waals surface area (Å²) in [5.41, 5.74) is -5.07. The minimum atomic E-state index is -2.24. The quantitative estimate of drug-likeness (QED) is 0.268. The smallest absolute Gasteiger partial charge is 0.348 e. The van der Waals surface area contributed by atoms with Gasteiger partial charge in [0.25, 0.3) is 0 Å². The predicted octanol–water partition coefficient (Wildman–Crippen LogP) is 0.907. The average molecular weight is 535 g/mol. The molecule has 4 fully saturated rings. The lowest BCUT2D eigenvalue weighted by molar-refractivity contribution is -0.326. The van der Waals surface area contributed by atoms with E-state index in [1.807, 2.05) is 0 Å². The number of carbonyl (C=O) groups excluding carboxylic acids is 4. The van der Waals surface area contributed by atoms with E-state index in [0.717, 1.165) is 7.11 Å². The summed E-state index contributed by atoms with van der Waals surface area (Å²) in [5, 5.41) is 34.1. The molecule has 2 saturated heterocycles. The number of fused-ring (bicyclic) bond motifs is 2. The summed E-state index contributed by atoms with van der Waals surface area (Å²) in [5.74, 6) is -5.47. The van der Waals surface area contributed by atoms with Crippen LogP contribution in [0.3, 0.4) is 0 Å². The van der Waals surface area contributed by atoms with Crippen LogP contribution >= 0.6 is 0 Å². The molecule has 10 atom stereocenters. The van der Waals surface area contributed by atoms with Crippen LogP contribution in [0, 0.1) is 28.1 Å². The zero-order chi connectivity index (χ0) is 28.2. The van der Waals surface area contributed by atoms with Crippen molar-refractivity contribution in [3.63, 3.8) is 0 Å². The van der Waals surface area contributed by atoms with E-state index in [-0.39, 0.29) is 25.2 Å². The van der Waals surface area contributed by atoms with Crippen LogP contribution in [-0.4, -0.2) is 82.7 Å². The molecular weight excluding hydrogens is 500 g/mol. The van der Waals surface area contributed by atoms with Crippen LogP contribution in [0.2, 0.25) is 0 Å². The van der Waals surface area contributed by atoms with Gasteiger partial charge in [-0.25, -0.2) is 14.4 Å². The Hall–Kier alpha value is -2.76. The second-order valence-electron chi connectivity index (χ2n) is 12.0. The van der Waals surface area contributed by atoms with Gasteiger partial charge >= 0.3 is 17.9 Å². The zero-order valence-corrected chi connectivity index (χ0v) is 22.3. The Labute approximate surface area is 219 Å². The molecule has 0 unspecified atom stereocenters. The van der Waals surface area contributed by atoms with Gasteiger partial charge in [0, 0.05) is 23.3 Å². The van der Waals surface area contributed by atoms with Crippen molar-refractivity contribution in [3.8, 4) is 0 Å². The highest BCUT2D eigenvalue weighted by atomic mass is 16.6. The molecule has 0 radical (unpaired) electrons. The van der Waals surface area contributed by atoms with Crippen molar-refractivity contribution in [2.45, 2.75) is 77.5 Å². The number of aliphatic hydroxyl groups is 3. The Morgan fingerprint density at radius 3 is 2.39 bits per heavy atom. The van der Waals surface area contributed by atoms with E-state index in [4.69, 9.17) is 18.9 Å². The van der Waals surface area contributed by atoms with Crippen molar-refractivity contribution >= 4 is 23.7 Å². The number of Topliss-reactive ketones (excluding diaryl/α,β-unsaturated/α-hetero) is 1. The second-order valence-corrected chi connectivity index (χ2v) is 12.0. The Kier molecular flexibility index (Phi) is 5.74. The molecule has 11 heteroatoms. The number of rotatable bonds is 3. The van der Waals surface area contributed by atoms with Crippen LogP contribution in [0.1, 0.15) is 47.5 Å². The fourth-order valence-electron chi connectivity index (χ4n) is 8.64. The van der Waals surface area contributed by atoms with Gasteiger partial charge in [-0.05, 0) is 44.1 Å². The number of hydrogen-bond acceptors (Lipinski definition) is 11. The molecule has 208 valence electrons. The average Bonchev–Trinajstić information content (AvgIpc) is 3.19. The first-order valence-electron chi connectivity index (χ1n) is 12.7. The third-order valence-electron chi connectivity index (χ3n) is 10.5. The van der Waals surface area contributed by atoms with E-state index >= 15 is 0 Å². The fourth-order valence-corrected chi connectivity index (χ4v) is 8.64. The summed E-state index contributed by atoms with van der Waals surface area (Å²) in [4.78, 5) is 52.6. The van der Waals surface area contributed by atoms with Crippen molar-refractivity contribution in [1.82, 2.24) is 0 Å². The second kappa shape index (κ2) is 8.12. The van der Waals surface area contributed by atoms with Crippen molar-refractivity contribution in [2.75, 3.05) is 13.7 Å². The highest BCUT2D eigenvalue weighted by molar-refractivity contribution is 5.96. The molecule has 3 N–H and O–H groups in total. The molecule has 11 nitrogen and oxygen atoms in total. The van der Waals surface area contributed by atoms with Gasteiger partial charge in [-0.2, -0.15) is 0 Å². The zero-order valence-electron chi connectivity index (χ0n) is 22.3. The van der Waals surface area contributed by atoms with Crippen molar-refractivity contribution in [2.24, 2.45) is 28.1 Å². The predicted molar refractivity (Wildman–Crippen MR) is 127 cm³/mol.